The zero-order chi connectivity index (χ0) is 8.97. The highest BCUT2D eigenvalue weighted by Crippen LogP contribution is 2.29. The summed E-state index contributed by atoms with van der Waals surface area (Å²) in [5.41, 5.74) is 0. The normalized spacial score (nSPS) is 24.4. The monoisotopic (exact) mass is 166 g/mol. The lowest BCUT2D eigenvalue weighted by atomic mass is 9.81. The predicted molar refractivity (Wildman–Crippen MR) is 50.6 cm³/mol. The molecule has 1 aliphatic rings. The maximum atomic E-state index is 9.80. The molecule has 1 rings (SSSR count). The number of rotatable bonds is 2. The van der Waals surface area contributed by atoms with Crippen molar-refractivity contribution in [3.05, 3.63) is 0 Å². The van der Waals surface area contributed by atoms with Crippen LogP contribution >= 0.6 is 0 Å². The predicted octanol–water partition coefficient (Wildman–Crippen LogP) is 2.20. The van der Waals surface area contributed by atoms with Crippen LogP contribution in [0.25, 0.3) is 0 Å². The zero-order valence-electron chi connectivity index (χ0n) is 7.79. The van der Waals surface area contributed by atoms with Crippen LogP contribution in [0.3, 0.4) is 0 Å². The average Bonchev–Trinajstić information content (AvgIpc) is 2.17. The van der Waals surface area contributed by atoms with E-state index in [9.17, 15) is 5.11 Å². The topological polar surface area (TPSA) is 20.2 Å². The van der Waals surface area contributed by atoms with Crippen molar-refractivity contribution in [1.82, 2.24) is 0 Å². The Morgan fingerprint density at radius 1 is 1.33 bits per heavy atom. The fourth-order valence-corrected chi connectivity index (χ4v) is 1.98. The van der Waals surface area contributed by atoms with E-state index in [4.69, 9.17) is 6.42 Å². The van der Waals surface area contributed by atoms with Crippen molar-refractivity contribution < 1.29 is 5.11 Å². The summed E-state index contributed by atoms with van der Waals surface area (Å²) < 4.78 is 0. The minimum Gasteiger partial charge on any atom is -0.392 e. The molecule has 1 nitrogen and oxygen atoms in total. The Labute approximate surface area is 75.2 Å². The van der Waals surface area contributed by atoms with E-state index in [0.29, 0.717) is 5.92 Å². The summed E-state index contributed by atoms with van der Waals surface area (Å²) in [5.74, 6) is 3.10. The van der Waals surface area contributed by atoms with Crippen molar-refractivity contribution >= 4 is 0 Å². The Morgan fingerprint density at radius 3 is 2.42 bits per heavy atom. The van der Waals surface area contributed by atoms with Gasteiger partial charge in [-0.2, -0.15) is 0 Å². The molecule has 1 fully saturated rings. The summed E-state index contributed by atoms with van der Waals surface area (Å²) in [7, 11) is 0. The molecule has 0 bridgehead atoms. The smallest absolute Gasteiger partial charge is 0.0702 e. The van der Waals surface area contributed by atoms with Gasteiger partial charge in [-0.1, -0.05) is 19.3 Å². The van der Waals surface area contributed by atoms with Crippen LogP contribution in [0.1, 0.15) is 39.0 Å². The molecule has 0 unspecified atom stereocenters. The van der Waals surface area contributed by atoms with Gasteiger partial charge in [-0.05, 0) is 25.7 Å². The van der Waals surface area contributed by atoms with Crippen LogP contribution in [-0.2, 0) is 0 Å². The minimum atomic E-state index is -0.268. The summed E-state index contributed by atoms with van der Waals surface area (Å²) >= 11 is 0. The number of terminal acetylenes is 1. The van der Waals surface area contributed by atoms with Crippen LogP contribution < -0.4 is 0 Å². The SMILES string of the molecule is C#C[C@H](C)[C@H](O)C1CCCCC1. The van der Waals surface area contributed by atoms with Crippen LogP contribution in [0.5, 0.6) is 0 Å². The van der Waals surface area contributed by atoms with Crippen LogP contribution in [0, 0.1) is 24.2 Å². The van der Waals surface area contributed by atoms with E-state index in [1.807, 2.05) is 6.92 Å². The van der Waals surface area contributed by atoms with Gasteiger partial charge in [-0.3, -0.25) is 0 Å². The second-order valence-electron chi connectivity index (χ2n) is 3.84. The number of hydrogen-bond acceptors (Lipinski definition) is 1. The molecule has 0 aliphatic heterocycles. The lowest BCUT2D eigenvalue weighted by Gasteiger charge is -2.28. The van der Waals surface area contributed by atoms with Gasteiger partial charge in [0.05, 0.1) is 6.10 Å². The molecule has 12 heavy (non-hydrogen) atoms. The molecule has 1 heteroatoms. The molecule has 0 spiro atoms. The van der Waals surface area contributed by atoms with Crippen LogP contribution in [0.4, 0.5) is 0 Å². The largest absolute Gasteiger partial charge is 0.392 e. The standard InChI is InChI=1S/C11H18O/c1-3-9(2)11(12)10-7-5-4-6-8-10/h1,9-12H,4-8H2,2H3/t9-,11-/m0/s1. The Kier molecular flexibility index (Phi) is 3.62. The summed E-state index contributed by atoms with van der Waals surface area (Å²) in [5, 5.41) is 9.80. The highest BCUT2D eigenvalue weighted by atomic mass is 16.3. The molecule has 0 aromatic heterocycles. The molecular weight excluding hydrogens is 148 g/mol. The molecule has 0 aromatic carbocycles. The highest BCUT2D eigenvalue weighted by molar-refractivity contribution is 4.96. The molecule has 0 heterocycles. The zero-order valence-corrected chi connectivity index (χ0v) is 7.79. The van der Waals surface area contributed by atoms with Crippen LogP contribution in [0.15, 0.2) is 0 Å². The molecule has 0 radical (unpaired) electrons. The first-order chi connectivity index (χ1) is 5.75. The summed E-state index contributed by atoms with van der Waals surface area (Å²) in [6, 6.07) is 0. The van der Waals surface area contributed by atoms with E-state index in [1.165, 1.54) is 19.3 Å². The van der Waals surface area contributed by atoms with Gasteiger partial charge in [0.2, 0.25) is 0 Å². The van der Waals surface area contributed by atoms with Gasteiger partial charge in [-0.15, -0.1) is 12.3 Å². The van der Waals surface area contributed by atoms with Gasteiger partial charge in [0.1, 0.15) is 0 Å². The first kappa shape index (κ1) is 9.61. The van der Waals surface area contributed by atoms with Gasteiger partial charge in [0, 0.05) is 5.92 Å². The first-order valence-corrected chi connectivity index (χ1v) is 4.90. The maximum Gasteiger partial charge on any atom is 0.0702 e. The van der Waals surface area contributed by atoms with Gasteiger partial charge >= 0.3 is 0 Å². The second-order valence-corrected chi connectivity index (χ2v) is 3.84. The third-order valence-electron chi connectivity index (χ3n) is 2.91. The van der Waals surface area contributed by atoms with Gasteiger partial charge in [0.15, 0.2) is 0 Å². The van der Waals surface area contributed by atoms with E-state index >= 15 is 0 Å². The molecule has 1 saturated carbocycles. The Bertz CT molecular complexity index is 162. The van der Waals surface area contributed by atoms with Crippen molar-refractivity contribution in [3.63, 3.8) is 0 Å². The molecule has 1 aliphatic carbocycles. The van der Waals surface area contributed by atoms with Gasteiger partial charge in [0.25, 0.3) is 0 Å². The lowest BCUT2D eigenvalue weighted by molar-refractivity contribution is 0.0587. The van der Waals surface area contributed by atoms with Crippen LogP contribution in [0.2, 0.25) is 0 Å². The van der Waals surface area contributed by atoms with E-state index in [0.717, 1.165) is 12.8 Å². The second kappa shape index (κ2) is 4.52. The molecule has 0 saturated heterocycles. The molecule has 2 atom stereocenters. The fourth-order valence-electron chi connectivity index (χ4n) is 1.98. The molecule has 68 valence electrons. The van der Waals surface area contributed by atoms with Crippen molar-refractivity contribution in [1.29, 1.82) is 0 Å². The summed E-state index contributed by atoms with van der Waals surface area (Å²) in [6.45, 7) is 1.93. The number of hydrogen-bond donors (Lipinski definition) is 1. The van der Waals surface area contributed by atoms with E-state index < -0.39 is 0 Å². The van der Waals surface area contributed by atoms with Gasteiger partial charge < -0.3 is 5.11 Å². The molecule has 1 N–H and O–H groups in total. The Balaban J connectivity index is 2.40. The summed E-state index contributed by atoms with van der Waals surface area (Å²) in [4.78, 5) is 0. The van der Waals surface area contributed by atoms with Gasteiger partial charge in [-0.25, -0.2) is 0 Å². The Hall–Kier alpha value is -0.480. The van der Waals surface area contributed by atoms with Crippen LogP contribution in [-0.4, -0.2) is 11.2 Å². The third kappa shape index (κ3) is 2.25. The number of aliphatic hydroxyl groups is 1. The van der Waals surface area contributed by atoms with Crippen molar-refractivity contribution in [3.8, 4) is 12.3 Å². The lowest BCUT2D eigenvalue weighted by Crippen LogP contribution is -2.28. The van der Waals surface area contributed by atoms with Crippen molar-refractivity contribution in [2.75, 3.05) is 0 Å². The first-order valence-electron chi connectivity index (χ1n) is 4.90. The van der Waals surface area contributed by atoms with E-state index in [1.54, 1.807) is 0 Å². The Morgan fingerprint density at radius 2 is 1.92 bits per heavy atom. The quantitative estimate of drug-likeness (QED) is 0.623. The summed E-state index contributed by atoms with van der Waals surface area (Å²) in [6.07, 6.45) is 11.2. The maximum absolute atomic E-state index is 9.80. The van der Waals surface area contributed by atoms with Crippen molar-refractivity contribution in [2.45, 2.75) is 45.1 Å². The van der Waals surface area contributed by atoms with Crippen molar-refractivity contribution in [2.24, 2.45) is 11.8 Å². The van der Waals surface area contributed by atoms with E-state index in [2.05, 4.69) is 5.92 Å². The molecule has 0 amide bonds. The number of aliphatic hydroxyl groups excluding tert-OH is 1. The third-order valence-corrected chi connectivity index (χ3v) is 2.91. The minimum absolute atomic E-state index is 0.0214. The molecular formula is C11H18O. The average molecular weight is 166 g/mol. The molecule has 0 aromatic rings. The van der Waals surface area contributed by atoms with E-state index in [-0.39, 0.29) is 12.0 Å². The highest BCUT2D eigenvalue weighted by Gasteiger charge is 2.24. The fraction of sp³-hybridized carbons (Fsp3) is 0.818.